The predicted molar refractivity (Wildman–Crippen MR) is 102 cm³/mol. The molecule has 1 N–H and O–H groups in total. The summed E-state index contributed by atoms with van der Waals surface area (Å²) in [7, 11) is 0. The van der Waals surface area contributed by atoms with Crippen molar-refractivity contribution in [2.75, 3.05) is 13.1 Å². The fraction of sp³-hybridized carbons (Fsp3) is 0.524. The molecule has 5 nitrogen and oxygen atoms in total. The molecular formula is C21H27N3O2. The quantitative estimate of drug-likeness (QED) is 0.858. The number of carbonyl (C=O) groups excluding carboxylic acids is 2. The molecule has 0 saturated carbocycles. The number of aromatic nitrogens is 1. The number of nitrogens with one attached hydrogen (secondary N) is 1. The van der Waals surface area contributed by atoms with Crippen LogP contribution in [-0.4, -0.2) is 45.7 Å². The Balaban J connectivity index is 1.73. The first kappa shape index (κ1) is 17.1. The van der Waals surface area contributed by atoms with Crippen LogP contribution in [0, 0.1) is 0 Å². The molecule has 2 aliphatic heterocycles. The normalized spacial score (nSPS) is 21.9. The molecule has 4 rings (SSSR count). The number of fused-ring (bicyclic) bond motifs is 4. The molecule has 26 heavy (non-hydrogen) atoms. The summed E-state index contributed by atoms with van der Waals surface area (Å²) in [5.41, 5.74) is 2.81. The van der Waals surface area contributed by atoms with Crippen LogP contribution in [0.1, 0.15) is 51.3 Å². The van der Waals surface area contributed by atoms with Crippen molar-refractivity contribution < 1.29 is 9.59 Å². The van der Waals surface area contributed by atoms with E-state index in [0.717, 1.165) is 30.5 Å². The van der Waals surface area contributed by atoms with Crippen molar-refractivity contribution >= 4 is 22.7 Å². The van der Waals surface area contributed by atoms with Crippen LogP contribution in [0.15, 0.2) is 24.3 Å². The first-order valence-electron chi connectivity index (χ1n) is 9.66. The second-order valence-corrected chi connectivity index (χ2v) is 8.03. The summed E-state index contributed by atoms with van der Waals surface area (Å²) >= 11 is 0. The molecule has 0 aliphatic carbocycles. The lowest BCUT2D eigenvalue weighted by molar-refractivity contribution is -0.163. The van der Waals surface area contributed by atoms with E-state index >= 15 is 0 Å². The highest BCUT2D eigenvalue weighted by Crippen LogP contribution is 2.42. The number of hydrogen-bond acceptors (Lipinski definition) is 2. The molecule has 2 aliphatic rings. The van der Waals surface area contributed by atoms with Crippen LogP contribution >= 0.6 is 0 Å². The molecule has 2 amide bonds. The number of benzene rings is 1. The van der Waals surface area contributed by atoms with Crippen molar-refractivity contribution in [2.45, 2.75) is 58.0 Å². The van der Waals surface area contributed by atoms with Crippen LogP contribution in [-0.2, 0) is 21.5 Å². The summed E-state index contributed by atoms with van der Waals surface area (Å²) < 4.78 is 0. The van der Waals surface area contributed by atoms with Gasteiger partial charge in [0.2, 0.25) is 11.8 Å². The molecule has 3 heterocycles. The van der Waals surface area contributed by atoms with Gasteiger partial charge in [-0.25, -0.2) is 0 Å². The smallest absolute Gasteiger partial charge is 0.246 e. The number of H-pyrrole nitrogens is 1. The van der Waals surface area contributed by atoms with Crippen molar-refractivity contribution in [2.24, 2.45) is 0 Å². The van der Waals surface area contributed by atoms with Gasteiger partial charge in [-0.2, -0.15) is 0 Å². The molecule has 1 atom stereocenters. The first-order chi connectivity index (χ1) is 12.4. The molecule has 138 valence electrons. The van der Waals surface area contributed by atoms with Gasteiger partial charge in [0.15, 0.2) is 0 Å². The molecule has 0 bridgehead atoms. The highest BCUT2D eigenvalue weighted by molar-refractivity contribution is 5.97. The van der Waals surface area contributed by atoms with E-state index < -0.39 is 5.54 Å². The van der Waals surface area contributed by atoms with Crippen LogP contribution in [0.4, 0.5) is 0 Å². The molecule has 1 saturated heterocycles. The third kappa shape index (κ3) is 2.44. The summed E-state index contributed by atoms with van der Waals surface area (Å²) in [5, 5.41) is 1.17. The third-order valence-corrected chi connectivity index (χ3v) is 5.96. The molecular weight excluding hydrogens is 326 g/mol. The molecule has 5 heteroatoms. The largest absolute Gasteiger partial charge is 0.356 e. The summed E-state index contributed by atoms with van der Waals surface area (Å²) in [6.45, 7) is 7.13. The molecule has 0 radical (unpaired) electrons. The average molecular weight is 353 g/mol. The maximum absolute atomic E-state index is 13.2. The Hall–Kier alpha value is -2.30. The zero-order valence-electron chi connectivity index (χ0n) is 15.8. The van der Waals surface area contributed by atoms with E-state index in [9.17, 15) is 9.59 Å². The first-order valence-corrected chi connectivity index (χ1v) is 9.66. The van der Waals surface area contributed by atoms with E-state index in [1.54, 1.807) is 4.90 Å². The van der Waals surface area contributed by atoms with Gasteiger partial charge in [0.25, 0.3) is 0 Å². The zero-order chi connectivity index (χ0) is 18.5. The zero-order valence-corrected chi connectivity index (χ0v) is 15.8. The molecule has 1 aromatic carbocycles. The minimum Gasteiger partial charge on any atom is -0.356 e. The Morgan fingerprint density at radius 2 is 1.96 bits per heavy atom. The molecule has 0 spiro atoms. The van der Waals surface area contributed by atoms with Crippen LogP contribution in [0.3, 0.4) is 0 Å². The number of para-hydroxylation sites is 1. The number of carbonyl (C=O) groups is 2. The second-order valence-electron chi connectivity index (χ2n) is 8.03. The van der Waals surface area contributed by atoms with E-state index in [1.165, 1.54) is 10.9 Å². The lowest BCUT2D eigenvalue weighted by Gasteiger charge is -2.51. The summed E-state index contributed by atoms with van der Waals surface area (Å²) in [5.74, 6) is 0.158. The van der Waals surface area contributed by atoms with E-state index in [-0.39, 0.29) is 24.4 Å². The van der Waals surface area contributed by atoms with Gasteiger partial charge < -0.3 is 14.8 Å². The van der Waals surface area contributed by atoms with E-state index in [4.69, 9.17) is 0 Å². The van der Waals surface area contributed by atoms with Crippen molar-refractivity contribution in [1.29, 1.82) is 0 Å². The lowest BCUT2D eigenvalue weighted by atomic mass is 9.82. The van der Waals surface area contributed by atoms with Gasteiger partial charge in [-0.3, -0.25) is 9.59 Å². The fourth-order valence-electron chi connectivity index (χ4n) is 4.68. The topological polar surface area (TPSA) is 56.4 Å². The highest BCUT2D eigenvalue weighted by atomic mass is 16.2. The maximum atomic E-state index is 13.2. The fourth-order valence-corrected chi connectivity index (χ4v) is 4.68. The third-order valence-electron chi connectivity index (χ3n) is 5.96. The van der Waals surface area contributed by atoms with Gasteiger partial charge >= 0.3 is 0 Å². The number of rotatable bonds is 4. The average Bonchev–Trinajstić information content (AvgIpc) is 2.99. The number of aromatic amines is 1. The van der Waals surface area contributed by atoms with Gasteiger partial charge in [-0.05, 0) is 31.9 Å². The van der Waals surface area contributed by atoms with E-state index in [0.29, 0.717) is 13.0 Å². The minimum absolute atomic E-state index is 0.0559. The molecule has 2 aromatic rings. The van der Waals surface area contributed by atoms with Gasteiger partial charge in [0.05, 0.1) is 12.1 Å². The Morgan fingerprint density at radius 3 is 2.73 bits per heavy atom. The second kappa shape index (κ2) is 6.15. The number of nitrogens with zero attached hydrogens (tertiary/aromatic N) is 2. The predicted octanol–water partition coefficient (Wildman–Crippen LogP) is 3.19. The summed E-state index contributed by atoms with van der Waals surface area (Å²) in [6, 6.07) is 7.81. The van der Waals surface area contributed by atoms with Gasteiger partial charge in [0.1, 0.15) is 6.04 Å². The highest BCUT2D eigenvalue weighted by Gasteiger charge is 2.51. The Bertz CT molecular complexity index is 867. The Kier molecular flexibility index (Phi) is 4.05. The standard InChI is InChI=1S/C21H27N3O2/c1-4-5-8-11-23-13-18(25)24-17(20(23)26)12-15-14-9-6-7-10-16(14)22-19(15)21(24,2)3/h6-7,9-10,17,22H,4-5,8,11-13H2,1-3H3/t17-/m0/s1. The molecule has 0 unspecified atom stereocenters. The van der Waals surface area contributed by atoms with Crippen LogP contribution in [0.25, 0.3) is 10.9 Å². The van der Waals surface area contributed by atoms with Gasteiger partial charge in [-0.1, -0.05) is 38.0 Å². The monoisotopic (exact) mass is 353 g/mol. The summed E-state index contributed by atoms with van der Waals surface area (Å²) in [4.78, 5) is 33.3. The Morgan fingerprint density at radius 1 is 1.19 bits per heavy atom. The van der Waals surface area contributed by atoms with Crippen molar-refractivity contribution in [3.63, 3.8) is 0 Å². The molecule has 1 aromatic heterocycles. The van der Waals surface area contributed by atoms with Gasteiger partial charge in [0, 0.05) is 29.6 Å². The Labute approximate surface area is 154 Å². The van der Waals surface area contributed by atoms with Crippen LogP contribution in [0.5, 0.6) is 0 Å². The maximum Gasteiger partial charge on any atom is 0.246 e. The number of hydrogen-bond donors (Lipinski definition) is 1. The van der Waals surface area contributed by atoms with E-state index in [2.05, 4.69) is 24.0 Å². The van der Waals surface area contributed by atoms with Gasteiger partial charge in [-0.15, -0.1) is 0 Å². The number of amides is 2. The molecule has 1 fully saturated rings. The van der Waals surface area contributed by atoms with E-state index in [1.807, 2.05) is 30.9 Å². The number of piperazine rings is 1. The summed E-state index contributed by atoms with van der Waals surface area (Å²) in [6.07, 6.45) is 3.75. The van der Waals surface area contributed by atoms with Crippen LogP contribution in [0.2, 0.25) is 0 Å². The SMILES string of the molecule is CCCCCN1CC(=O)N2[C@@H](Cc3c([nH]c4ccccc34)C2(C)C)C1=O. The van der Waals surface area contributed by atoms with Crippen molar-refractivity contribution in [3.05, 3.63) is 35.5 Å². The van der Waals surface area contributed by atoms with Crippen LogP contribution < -0.4 is 0 Å². The van der Waals surface area contributed by atoms with Crippen molar-refractivity contribution in [3.8, 4) is 0 Å². The van der Waals surface area contributed by atoms with Crippen molar-refractivity contribution in [1.82, 2.24) is 14.8 Å². The lowest BCUT2D eigenvalue weighted by Crippen LogP contribution is -2.67. The minimum atomic E-state index is -0.514. The number of unbranched alkanes of at least 4 members (excludes halogenated alkanes) is 2.